The molecule has 0 saturated carbocycles. The van der Waals surface area contributed by atoms with Crippen LogP contribution >= 0.6 is 0 Å². The summed E-state index contributed by atoms with van der Waals surface area (Å²) in [6.45, 7) is 3.82. The van der Waals surface area contributed by atoms with Gasteiger partial charge in [-0.3, -0.25) is 29.3 Å². The van der Waals surface area contributed by atoms with E-state index in [2.05, 4.69) is 39.6 Å². The van der Waals surface area contributed by atoms with Gasteiger partial charge in [-0.05, 0) is 50.0 Å². The van der Waals surface area contributed by atoms with Crippen LogP contribution in [0, 0.1) is 0 Å². The molecule has 2 aromatic carbocycles. The Morgan fingerprint density at radius 2 is 1.97 bits per heavy atom. The van der Waals surface area contributed by atoms with Gasteiger partial charge < -0.3 is 9.64 Å². The lowest BCUT2D eigenvalue weighted by molar-refractivity contribution is -0.136. The van der Waals surface area contributed by atoms with E-state index in [1.54, 1.807) is 4.90 Å². The highest BCUT2D eigenvalue weighted by Crippen LogP contribution is 2.49. The van der Waals surface area contributed by atoms with Gasteiger partial charge in [0.15, 0.2) is 0 Å². The van der Waals surface area contributed by atoms with Gasteiger partial charge in [0.1, 0.15) is 11.8 Å². The molecule has 4 aliphatic heterocycles. The highest BCUT2D eigenvalue weighted by molar-refractivity contribution is 6.05. The number of carbonyl (C=O) groups is 3. The predicted molar refractivity (Wildman–Crippen MR) is 135 cm³/mol. The highest BCUT2D eigenvalue weighted by atomic mass is 16.5. The highest BCUT2D eigenvalue weighted by Gasteiger charge is 2.47. The third-order valence-electron chi connectivity index (χ3n) is 8.64. The van der Waals surface area contributed by atoms with Crippen molar-refractivity contribution in [3.05, 3.63) is 58.8 Å². The molecule has 37 heavy (non-hydrogen) atoms. The first-order valence-electron chi connectivity index (χ1n) is 13.0. The zero-order valence-corrected chi connectivity index (χ0v) is 20.8. The summed E-state index contributed by atoms with van der Waals surface area (Å²) in [6, 6.07) is 9.88. The molecule has 0 aliphatic carbocycles. The molecular weight excluding hydrogens is 470 g/mol. The number of fused-ring (bicyclic) bond motifs is 5. The van der Waals surface area contributed by atoms with Gasteiger partial charge in [-0.1, -0.05) is 18.2 Å². The van der Waals surface area contributed by atoms with E-state index in [9.17, 15) is 14.4 Å². The number of aromatic nitrogens is 2. The summed E-state index contributed by atoms with van der Waals surface area (Å²) in [5.41, 5.74) is 4.95. The molecule has 9 heteroatoms. The van der Waals surface area contributed by atoms with Gasteiger partial charge in [-0.15, -0.1) is 0 Å². The van der Waals surface area contributed by atoms with E-state index < -0.39 is 6.04 Å². The normalized spacial score (nSPS) is 22.9. The fourth-order valence-electron chi connectivity index (χ4n) is 6.58. The Morgan fingerprint density at radius 3 is 2.78 bits per heavy atom. The van der Waals surface area contributed by atoms with Crippen molar-refractivity contribution in [2.75, 3.05) is 19.7 Å². The van der Waals surface area contributed by atoms with E-state index in [1.165, 1.54) is 11.1 Å². The number of nitrogens with one attached hydrogen (secondary N) is 1. The standard InChI is InChI=1S/C28H29N5O4/c1-31-14-18-3-2-17(12-22(18)30-31)13-32-10-8-28(9-11-32)16-37-25-20-15-33(23-6-7-24(34)29-26(23)35)27(36)19(20)4-5-21(25)28/h2-5,12,14,23H,6-11,13,15-16H2,1H3,(H,29,34,35). The molecule has 5 heterocycles. The summed E-state index contributed by atoms with van der Waals surface area (Å²) in [5, 5.41) is 8.07. The Hall–Kier alpha value is -3.72. The lowest BCUT2D eigenvalue weighted by atomic mass is 9.74. The molecule has 1 N–H and O–H groups in total. The molecule has 190 valence electrons. The van der Waals surface area contributed by atoms with Crippen molar-refractivity contribution in [1.82, 2.24) is 24.9 Å². The van der Waals surface area contributed by atoms with Crippen LogP contribution in [0.25, 0.3) is 10.9 Å². The van der Waals surface area contributed by atoms with Gasteiger partial charge in [-0.2, -0.15) is 5.10 Å². The molecule has 1 atom stereocenters. The predicted octanol–water partition coefficient (Wildman–Crippen LogP) is 2.26. The Labute approximate surface area is 214 Å². The number of hydrogen-bond acceptors (Lipinski definition) is 6. The molecule has 7 rings (SSSR count). The summed E-state index contributed by atoms with van der Waals surface area (Å²) in [6.07, 6.45) is 4.64. The van der Waals surface area contributed by atoms with Crippen LogP contribution in [0.2, 0.25) is 0 Å². The maximum absolute atomic E-state index is 13.2. The van der Waals surface area contributed by atoms with E-state index in [0.717, 1.165) is 54.7 Å². The van der Waals surface area contributed by atoms with Crippen LogP contribution in [-0.2, 0) is 35.1 Å². The second-order valence-corrected chi connectivity index (χ2v) is 10.9. The monoisotopic (exact) mass is 499 g/mol. The Bertz CT molecular complexity index is 1470. The van der Waals surface area contributed by atoms with Crippen molar-refractivity contribution in [3.63, 3.8) is 0 Å². The third kappa shape index (κ3) is 3.55. The second-order valence-electron chi connectivity index (χ2n) is 10.9. The van der Waals surface area contributed by atoms with Crippen LogP contribution in [0.1, 0.15) is 52.7 Å². The summed E-state index contributed by atoms with van der Waals surface area (Å²) in [5.74, 6) is 0.00690. The van der Waals surface area contributed by atoms with Gasteiger partial charge in [0.2, 0.25) is 11.8 Å². The quantitative estimate of drug-likeness (QED) is 0.556. The van der Waals surface area contributed by atoms with Gasteiger partial charge in [0, 0.05) is 53.7 Å². The lowest BCUT2D eigenvalue weighted by Gasteiger charge is -2.38. The second kappa shape index (κ2) is 8.14. The fourth-order valence-corrected chi connectivity index (χ4v) is 6.58. The first kappa shape index (κ1) is 22.5. The molecule has 0 bridgehead atoms. The van der Waals surface area contributed by atoms with Crippen LogP contribution in [0.5, 0.6) is 5.75 Å². The Balaban J connectivity index is 1.07. The number of likely N-dealkylation sites (tertiary alicyclic amines) is 1. The van der Waals surface area contributed by atoms with Gasteiger partial charge in [0.25, 0.3) is 5.91 Å². The van der Waals surface area contributed by atoms with E-state index in [0.29, 0.717) is 25.1 Å². The largest absolute Gasteiger partial charge is 0.492 e. The van der Waals surface area contributed by atoms with Crippen LogP contribution in [0.3, 0.4) is 0 Å². The van der Waals surface area contributed by atoms with Gasteiger partial charge in [-0.25, -0.2) is 0 Å². The van der Waals surface area contributed by atoms with Crippen molar-refractivity contribution in [2.45, 2.75) is 50.2 Å². The molecule has 9 nitrogen and oxygen atoms in total. The van der Waals surface area contributed by atoms with E-state index in [4.69, 9.17) is 4.74 Å². The van der Waals surface area contributed by atoms with Crippen LogP contribution in [-0.4, -0.2) is 63.0 Å². The Morgan fingerprint density at radius 1 is 1.14 bits per heavy atom. The molecule has 3 amide bonds. The number of rotatable bonds is 3. The topological polar surface area (TPSA) is 96.8 Å². The molecule has 1 spiro atoms. The minimum Gasteiger partial charge on any atom is -0.492 e. The minimum atomic E-state index is -0.614. The average Bonchev–Trinajstić information content (AvgIpc) is 3.54. The number of amides is 3. The minimum absolute atomic E-state index is 0.0447. The van der Waals surface area contributed by atoms with Gasteiger partial charge >= 0.3 is 0 Å². The maximum atomic E-state index is 13.2. The van der Waals surface area contributed by atoms with Crippen LogP contribution < -0.4 is 10.1 Å². The molecule has 0 radical (unpaired) electrons. The number of ether oxygens (including phenoxy) is 1. The van der Waals surface area contributed by atoms with Crippen molar-refractivity contribution >= 4 is 28.6 Å². The van der Waals surface area contributed by atoms with E-state index >= 15 is 0 Å². The number of piperidine rings is 2. The number of imide groups is 1. The van der Waals surface area contributed by atoms with Crippen molar-refractivity contribution < 1.29 is 19.1 Å². The smallest absolute Gasteiger partial charge is 0.255 e. The zero-order valence-electron chi connectivity index (χ0n) is 20.8. The summed E-state index contributed by atoms with van der Waals surface area (Å²) in [7, 11) is 1.95. The number of benzene rings is 2. The van der Waals surface area contributed by atoms with Gasteiger partial charge in [0.05, 0.1) is 18.7 Å². The number of nitrogens with zero attached hydrogens (tertiary/aromatic N) is 4. The van der Waals surface area contributed by atoms with Crippen molar-refractivity contribution in [1.29, 1.82) is 0 Å². The van der Waals surface area contributed by atoms with Crippen molar-refractivity contribution in [2.24, 2.45) is 7.05 Å². The molecule has 2 saturated heterocycles. The fraction of sp³-hybridized carbons (Fsp3) is 0.429. The molecular formula is C28H29N5O4. The molecule has 2 fully saturated rings. The first-order valence-corrected chi connectivity index (χ1v) is 13.0. The summed E-state index contributed by atoms with van der Waals surface area (Å²) < 4.78 is 8.16. The van der Waals surface area contributed by atoms with Crippen LogP contribution in [0.15, 0.2) is 36.5 Å². The lowest BCUT2D eigenvalue weighted by Crippen LogP contribution is -2.52. The van der Waals surface area contributed by atoms with E-state index in [1.807, 2.05) is 24.0 Å². The molecule has 4 aliphatic rings. The Kier molecular flexibility index (Phi) is 4.95. The number of aryl methyl sites for hydroxylation is 1. The van der Waals surface area contributed by atoms with Crippen LogP contribution in [0.4, 0.5) is 0 Å². The third-order valence-corrected chi connectivity index (χ3v) is 8.64. The molecule has 3 aromatic rings. The SMILES string of the molecule is Cn1cc2ccc(CN3CCC4(CC3)COc3c4ccc4c3CN(C3CCC(=O)NC3=O)C4=O)cc2n1. The number of hydrogen-bond donors (Lipinski definition) is 1. The van der Waals surface area contributed by atoms with E-state index in [-0.39, 0.29) is 29.6 Å². The zero-order chi connectivity index (χ0) is 25.3. The summed E-state index contributed by atoms with van der Waals surface area (Å²) >= 11 is 0. The maximum Gasteiger partial charge on any atom is 0.255 e. The molecule has 1 unspecified atom stereocenters. The summed E-state index contributed by atoms with van der Waals surface area (Å²) in [4.78, 5) is 41.3. The average molecular weight is 500 g/mol. The number of carbonyl (C=O) groups excluding carboxylic acids is 3. The van der Waals surface area contributed by atoms with Crippen molar-refractivity contribution in [3.8, 4) is 5.75 Å². The molecule has 1 aromatic heterocycles. The first-order chi connectivity index (χ1) is 17.9.